The SMILES string of the molecule is NNc1cc(Sc2ccc(Br)cc2)nc(C(F)(F)F)n1. The van der Waals surface area contributed by atoms with Gasteiger partial charge >= 0.3 is 6.18 Å². The largest absolute Gasteiger partial charge is 0.451 e. The van der Waals surface area contributed by atoms with Crippen molar-refractivity contribution in [3.63, 3.8) is 0 Å². The lowest BCUT2D eigenvalue weighted by Gasteiger charge is -2.09. The second-order valence-corrected chi connectivity index (χ2v) is 5.62. The molecule has 0 saturated heterocycles. The Morgan fingerprint density at radius 3 is 2.35 bits per heavy atom. The zero-order chi connectivity index (χ0) is 14.8. The van der Waals surface area contributed by atoms with Crippen molar-refractivity contribution in [2.45, 2.75) is 16.1 Å². The summed E-state index contributed by atoms with van der Waals surface area (Å²) < 4.78 is 38.9. The van der Waals surface area contributed by atoms with Crippen LogP contribution in [0, 0.1) is 0 Å². The maximum absolute atomic E-state index is 12.7. The van der Waals surface area contributed by atoms with Gasteiger partial charge in [0.2, 0.25) is 5.82 Å². The van der Waals surface area contributed by atoms with Gasteiger partial charge in [-0.1, -0.05) is 27.7 Å². The number of anilines is 1. The number of hydrogen-bond acceptors (Lipinski definition) is 5. The Bertz CT molecular complexity index is 604. The molecule has 2 aromatic rings. The van der Waals surface area contributed by atoms with E-state index >= 15 is 0 Å². The highest BCUT2D eigenvalue weighted by Gasteiger charge is 2.35. The van der Waals surface area contributed by atoms with Crippen molar-refractivity contribution >= 4 is 33.5 Å². The molecule has 0 fully saturated rings. The van der Waals surface area contributed by atoms with Gasteiger partial charge in [-0.15, -0.1) is 0 Å². The molecule has 4 nitrogen and oxygen atoms in total. The first-order valence-corrected chi connectivity index (χ1v) is 6.86. The minimum Gasteiger partial charge on any atom is -0.308 e. The third-order valence-electron chi connectivity index (χ3n) is 2.14. The first kappa shape index (κ1) is 15.1. The van der Waals surface area contributed by atoms with Gasteiger partial charge in [-0.2, -0.15) is 13.2 Å². The van der Waals surface area contributed by atoms with Crippen molar-refractivity contribution < 1.29 is 13.2 Å². The number of halogens is 4. The number of nitrogens with zero attached hydrogens (tertiary/aromatic N) is 2. The Kier molecular flexibility index (Phi) is 4.51. The summed E-state index contributed by atoms with van der Waals surface area (Å²) in [4.78, 5) is 7.53. The number of nitrogens with two attached hydrogens (primary N) is 1. The highest BCUT2D eigenvalue weighted by molar-refractivity contribution is 9.10. The van der Waals surface area contributed by atoms with Crippen molar-refractivity contribution in [2.75, 3.05) is 5.43 Å². The molecule has 9 heteroatoms. The fourth-order valence-corrected chi connectivity index (χ4v) is 2.38. The lowest BCUT2D eigenvalue weighted by atomic mass is 10.4. The smallest absolute Gasteiger partial charge is 0.308 e. The van der Waals surface area contributed by atoms with E-state index in [0.717, 1.165) is 21.1 Å². The van der Waals surface area contributed by atoms with Crippen LogP contribution in [0.1, 0.15) is 5.82 Å². The Balaban J connectivity index is 2.33. The molecule has 0 radical (unpaired) electrons. The van der Waals surface area contributed by atoms with Crippen molar-refractivity contribution in [2.24, 2.45) is 5.84 Å². The van der Waals surface area contributed by atoms with Gasteiger partial charge in [0, 0.05) is 15.4 Å². The first-order valence-electron chi connectivity index (χ1n) is 5.25. The lowest BCUT2D eigenvalue weighted by molar-refractivity contribution is -0.145. The van der Waals surface area contributed by atoms with Crippen LogP contribution in [-0.2, 0) is 6.18 Å². The van der Waals surface area contributed by atoms with Crippen molar-refractivity contribution in [3.05, 3.63) is 40.6 Å². The monoisotopic (exact) mass is 364 g/mol. The average molecular weight is 365 g/mol. The van der Waals surface area contributed by atoms with Gasteiger partial charge in [-0.05, 0) is 24.3 Å². The molecule has 0 aliphatic rings. The predicted molar refractivity (Wildman–Crippen MR) is 73.1 cm³/mol. The van der Waals surface area contributed by atoms with Crippen LogP contribution in [0.4, 0.5) is 19.0 Å². The molecule has 20 heavy (non-hydrogen) atoms. The Morgan fingerprint density at radius 1 is 1.15 bits per heavy atom. The van der Waals surface area contributed by atoms with E-state index in [1.165, 1.54) is 6.07 Å². The Hall–Kier alpha value is -1.32. The van der Waals surface area contributed by atoms with Crippen LogP contribution >= 0.6 is 27.7 Å². The van der Waals surface area contributed by atoms with Crippen molar-refractivity contribution in [1.82, 2.24) is 9.97 Å². The Labute approximate surface area is 125 Å². The van der Waals surface area contributed by atoms with Gasteiger partial charge in [0.1, 0.15) is 10.8 Å². The molecule has 0 aliphatic carbocycles. The van der Waals surface area contributed by atoms with Gasteiger partial charge in [-0.25, -0.2) is 15.8 Å². The maximum Gasteiger partial charge on any atom is 0.451 e. The molecule has 1 aromatic heterocycles. The standard InChI is InChI=1S/C11H8BrF3N4S/c12-6-1-3-7(4-2-6)20-9-5-8(19-16)17-10(18-9)11(13,14)15/h1-5H,16H2,(H,17,18,19). The molecule has 2 rings (SSSR count). The molecule has 0 amide bonds. The van der Waals surface area contributed by atoms with Crippen LogP contribution in [0.25, 0.3) is 0 Å². The highest BCUT2D eigenvalue weighted by atomic mass is 79.9. The number of hydrazine groups is 1. The predicted octanol–water partition coefficient (Wildman–Crippen LogP) is 3.69. The zero-order valence-corrected chi connectivity index (χ0v) is 12.2. The van der Waals surface area contributed by atoms with Gasteiger partial charge in [0.05, 0.1) is 0 Å². The van der Waals surface area contributed by atoms with Crippen molar-refractivity contribution in [1.29, 1.82) is 0 Å². The number of nitrogen functional groups attached to an aromatic ring is 1. The molecule has 3 N–H and O–H groups in total. The van der Waals surface area contributed by atoms with Crippen LogP contribution in [-0.4, -0.2) is 9.97 Å². The van der Waals surface area contributed by atoms with Gasteiger partial charge in [0.25, 0.3) is 0 Å². The molecule has 1 heterocycles. The lowest BCUT2D eigenvalue weighted by Crippen LogP contribution is -2.16. The second kappa shape index (κ2) is 5.98. The highest BCUT2D eigenvalue weighted by Crippen LogP contribution is 2.32. The molecule has 1 aromatic carbocycles. The van der Waals surface area contributed by atoms with E-state index in [4.69, 9.17) is 5.84 Å². The summed E-state index contributed by atoms with van der Waals surface area (Å²) in [5, 5.41) is 0.155. The minimum absolute atomic E-state index is 0.0908. The maximum atomic E-state index is 12.7. The second-order valence-electron chi connectivity index (χ2n) is 3.61. The average Bonchev–Trinajstić information content (AvgIpc) is 2.40. The fourth-order valence-electron chi connectivity index (χ4n) is 1.30. The normalized spacial score (nSPS) is 11.4. The number of nitrogens with one attached hydrogen (secondary N) is 1. The van der Waals surface area contributed by atoms with Crippen molar-refractivity contribution in [3.8, 4) is 0 Å². The van der Waals surface area contributed by atoms with Crippen LogP contribution in [0.2, 0.25) is 0 Å². The summed E-state index contributed by atoms with van der Waals surface area (Å²) in [6, 6.07) is 8.45. The van der Waals surface area contributed by atoms with Gasteiger partial charge in [0.15, 0.2) is 0 Å². The van der Waals surface area contributed by atoms with Crippen LogP contribution in [0.3, 0.4) is 0 Å². The number of hydrogen-bond donors (Lipinski definition) is 2. The summed E-state index contributed by atoms with van der Waals surface area (Å²) in [5.41, 5.74) is 2.10. The van der Waals surface area contributed by atoms with E-state index < -0.39 is 12.0 Å². The molecule has 0 saturated carbocycles. The van der Waals surface area contributed by atoms with E-state index in [1.54, 1.807) is 24.3 Å². The third kappa shape index (κ3) is 3.84. The molecule has 0 bridgehead atoms. The van der Waals surface area contributed by atoms with E-state index in [9.17, 15) is 13.2 Å². The summed E-state index contributed by atoms with van der Waals surface area (Å²) in [7, 11) is 0. The fraction of sp³-hybridized carbons (Fsp3) is 0.0909. The van der Waals surface area contributed by atoms with E-state index in [0.29, 0.717) is 0 Å². The van der Waals surface area contributed by atoms with Crippen LogP contribution < -0.4 is 11.3 Å². The molecule has 0 spiro atoms. The summed E-state index contributed by atoms with van der Waals surface area (Å²) in [6.07, 6.45) is -4.62. The summed E-state index contributed by atoms with van der Waals surface area (Å²) in [5.74, 6) is 3.80. The number of aromatic nitrogens is 2. The topological polar surface area (TPSA) is 63.8 Å². The number of alkyl halides is 3. The van der Waals surface area contributed by atoms with E-state index in [-0.39, 0.29) is 10.8 Å². The minimum atomic E-state index is -4.62. The van der Waals surface area contributed by atoms with Gasteiger partial charge in [-0.3, -0.25) is 0 Å². The Morgan fingerprint density at radius 2 is 1.80 bits per heavy atom. The van der Waals surface area contributed by atoms with Crippen LogP contribution in [0.5, 0.6) is 0 Å². The quantitative estimate of drug-likeness (QED) is 0.494. The van der Waals surface area contributed by atoms with E-state index in [1.807, 2.05) is 0 Å². The molecule has 0 unspecified atom stereocenters. The van der Waals surface area contributed by atoms with E-state index in [2.05, 4.69) is 31.3 Å². The summed E-state index contributed by atoms with van der Waals surface area (Å²) >= 11 is 4.37. The summed E-state index contributed by atoms with van der Waals surface area (Å²) in [6.45, 7) is 0. The number of benzene rings is 1. The molecule has 0 atom stereocenters. The molecule has 0 aliphatic heterocycles. The van der Waals surface area contributed by atoms with Gasteiger partial charge < -0.3 is 5.43 Å². The molecule has 106 valence electrons. The first-order chi connectivity index (χ1) is 9.38. The number of rotatable bonds is 3. The molecular formula is C11H8BrF3N4S. The van der Waals surface area contributed by atoms with Crippen LogP contribution in [0.15, 0.2) is 44.7 Å². The zero-order valence-electron chi connectivity index (χ0n) is 9.78. The molecular weight excluding hydrogens is 357 g/mol. The third-order valence-corrected chi connectivity index (χ3v) is 3.59.